The van der Waals surface area contributed by atoms with Gasteiger partial charge in [0.1, 0.15) is 13.2 Å². The van der Waals surface area contributed by atoms with Gasteiger partial charge in [-0.3, -0.25) is 4.79 Å². The molecule has 0 spiro atoms. The second-order valence-corrected chi connectivity index (χ2v) is 5.63. The molecule has 2 aliphatic rings. The van der Waals surface area contributed by atoms with E-state index in [9.17, 15) is 4.79 Å². The molecule has 1 saturated carbocycles. The highest BCUT2D eigenvalue weighted by Crippen LogP contribution is 2.56. The van der Waals surface area contributed by atoms with Gasteiger partial charge in [-0.15, -0.1) is 0 Å². The Kier molecular flexibility index (Phi) is 2.83. The van der Waals surface area contributed by atoms with Crippen LogP contribution in [0.5, 0.6) is 11.5 Å². The minimum absolute atomic E-state index is 0.00890. The Balaban J connectivity index is 2.22. The Hall–Kier alpha value is -1.07. The smallest absolute Gasteiger partial charge is 0.172 e. The molecule has 3 rings (SSSR count). The van der Waals surface area contributed by atoms with Gasteiger partial charge in [-0.2, -0.15) is 0 Å². The van der Waals surface area contributed by atoms with E-state index in [-0.39, 0.29) is 5.41 Å². The van der Waals surface area contributed by atoms with Crippen LogP contribution < -0.4 is 15.2 Å². The van der Waals surface area contributed by atoms with Gasteiger partial charge in [0.05, 0.1) is 5.56 Å². The zero-order chi connectivity index (χ0) is 12.8. The average molecular weight is 312 g/mol. The zero-order valence-electron chi connectivity index (χ0n) is 9.87. The second kappa shape index (κ2) is 4.24. The summed E-state index contributed by atoms with van der Waals surface area (Å²) in [6, 6.07) is 1.80. The maximum atomic E-state index is 11.1. The van der Waals surface area contributed by atoms with Crippen LogP contribution in [-0.4, -0.2) is 26.0 Å². The largest absolute Gasteiger partial charge is 0.486 e. The van der Waals surface area contributed by atoms with E-state index in [1.165, 1.54) is 0 Å². The lowest BCUT2D eigenvalue weighted by molar-refractivity contribution is 0.111. The van der Waals surface area contributed by atoms with Gasteiger partial charge >= 0.3 is 0 Å². The number of carbonyl (C=O) groups is 1. The van der Waals surface area contributed by atoms with Gasteiger partial charge in [0.2, 0.25) is 0 Å². The van der Waals surface area contributed by atoms with Crippen molar-refractivity contribution in [3.63, 3.8) is 0 Å². The molecule has 1 aliphatic carbocycles. The van der Waals surface area contributed by atoms with Crippen molar-refractivity contribution >= 4 is 22.2 Å². The molecule has 1 aromatic rings. The Bertz CT molecular complexity index is 511. The Morgan fingerprint density at radius 1 is 1.33 bits per heavy atom. The first-order valence-corrected chi connectivity index (χ1v) is 6.79. The molecule has 1 aliphatic heterocycles. The van der Waals surface area contributed by atoms with Crippen LogP contribution >= 0.6 is 15.9 Å². The maximum Gasteiger partial charge on any atom is 0.172 e. The van der Waals surface area contributed by atoms with E-state index in [4.69, 9.17) is 15.2 Å². The Morgan fingerprint density at radius 2 is 2.00 bits per heavy atom. The summed E-state index contributed by atoms with van der Waals surface area (Å²) in [5.41, 5.74) is 7.46. The molecule has 4 nitrogen and oxygen atoms in total. The number of carbonyl (C=O) groups excluding carboxylic acids is 1. The highest BCUT2D eigenvalue weighted by molar-refractivity contribution is 9.10. The highest BCUT2D eigenvalue weighted by atomic mass is 79.9. The molecule has 0 unspecified atom stereocenters. The molecule has 0 aromatic heterocycles. The summed E-state index contributed by atoms with van der Waals surface area (Å²) in [6.45, 7) is 1.57. The van der Waals surface area contributed by atoms with Gasteiger partial charge < -0.3 is 15.2 Å². The molecule has 1 fully saturated rings. The van der Waals surface area contributed by atoms with Crippen molar-refractivity contribution in [1.82, 2.24) is 0 Å². The number of fused-ring (bicyclic) bond motifs is 1. The van der Waals surface area contributed by atoms with Crippen molar-refractivity contribution in [2.24, 2.45) is 5.73 Å². The molecular weight excluding hydrogens is 298 g/mol. The minimum Gasteiger partial charge on any atom is -0.486 e. The van der Waals surface area contributed by atoms with E-state index in [0.29, 0.717) is 36.8 Å². The molecule has 0 amide bonds. The van der Waals surface area contributed by atoms with Gasteiger partial charge in [0.25, 0.3) is 0 Å². The number of rotatable bonds is 3. The third kappa shape index (κ3) is 1.65. The van der Waals surface area contributed by atoms with Crippen LogP contribution in [0, 0.1) is 0 Å². The van der Waals surface area contributed by atoms with Crippen LogP contribution in [0.3, 0.4) is 0 Å². The Morgan fingerprint density at radius 3 is 2.56 bits per heavy atom. The van der Waals surface area contributed by atoms with Crippen LogP contribution in [0.15, 0.2) is 10.5 Å². The molecular formula is C13H14BrNO3. The number of aldehydes is 1. The van der Waals surface area contributed by atoms with E-state index in [1.54, 1.807) is 6.07 Å². The van der Waals surface area contributed by atoms with Gasteiger partial charge in [-0.25, -0.2) is 0 Å². The molecule has 0 radical (unpaired) electrons. The minimum atomic E-state index is -0.00890. The molecule has 1 heterocycles. The summed E-state index contributed by atoms with van der Waals surface area (Å²) in [5, 5.41) is 0. The molecule has 0 atom stereocenters. The zero-order valence-corrected chi connectivity index (χ0v) is 11.5. The van der Waals surface area contributed by atoms with Gasteiger partial charge in [-0.05, 0) is 18.9 Å². The second-order valence-electron chi connectivity index (χ2n) is 4.78. The summed E-state index contributed by atoms with van der Waals surface area (Å²) in [6.07, 6.45) is 2.90. The quantitative estimate of drug-likeness (QED) is 0.868. The van der Waals surface area contributed by atoms with E-state index < -0.39 is 0 Å². The molecule has 96 valence electrons. The van der Waals surface area contributed by atoms with Crippen LogP contribution in [0.2, 0.25) is 0 Å². The number of halogens is 1. The fraction of sp³-hybridized carbons (Fsp3) is 0.462. The summed E-state index contributed by atoms with van der Waals surface area (Å²) in [7, 11) is 0. The highest BCUT2D eigenvalue weighted by Gasteiger charge is 2.47. The van der Waals surface area contributed by atoms with Crippen LogP contribution in [-0.2, 0) is 5.41 Å². The predicted molar refractivity (Wildman–Crippen MR) is 70.5 cm³/mol. The van der Waals surface area contributed by atoms with E-state index in [1.807, 2.05) is 0 Å². The summed E-state index contributed by atoms with van der Waals surface area (Å²) < 4.78 is 12.2. The first kappa shape index (κ1) is 12.0. The first-order chi connectivity index (χ1) is 8.72. The standard InChI is InChI=1S/C13H14BrNO3/c14-9-5-8(6-16)11-12(18-4-3-17-11)10(9)13(7-15)1-2-13/h5-6H,1-4,7,15H2. The number of hydrogen-bond acceptors (Lipinski definition) is 4. The van der Waals surface area contributed by atoms with Crippen LogP contribution in [0.4, 0.5) is 0 Å². The first-order valence-electron chi connectivity index (χ1n) is 6.00. The monoisotopic (exact) mass is 311 g/mol. The van der Waals surface area contributed by atoms with Crippen LogP contribution in [0.1, 0.15) is 28.8 Å². The molecule has 0 saturated heterocycles. The molecule has 0 bridgehead atoms. The van der Waals surface area contributed by atoms with E-state index >= 15 is 0 Å². The van der Waals surface area contributed by atoms with E-state index in [2.05, 4.69) is 15.9 Å². The number of ether oxygens (including phenoxy) is 2. The fourth-order valence-corrected chi connectivity index (χ4v) is 3.34. The fourth-order valence-electron chi connectivity index (χ4n) is 2.49. The van der Waals surface area contributed by atoms with Gasteiger partial charge in [-0.1, -0.05) is 15.9 Å². The van der Waals surface area contributed by atoms with Crippen molar-refractivity contribution in [2.75, 3.05) is 19.8 Å². The number of hydrogen-bond donors (Lipinski definition) is 1. The number of benzene rings is 1. The summed E-state index contributed by atoms with van der Waals surface area (Å²) in [5.74, 6) is 1.26. The lowest BCUT2D eigenvalue weighted by Gasteiger charge is -2.26. The van der Waals surface area contributed by atoms with Crippen molar-refractivity contribution in [1.29, 1.82) is 0 Å². The molecule has 1 aromatic carbocycles. The van der Waals surface area contributed by atoms with Crippen molar-refractivity contribution < 1.29 is 14.3 Å². The Labute approximate surface area is 114 Å². The third-order valence-electron chi connectivity index (χ3n) is 3.69. The number of nitrogens with two attached hydrogens (primary N) is 1. The topological polar surface area (TPSA) is 61.6 Å². The molecule has 2 N–H and O–H groups in total. The normalized spacial score (nSPS) is 19.4. The lowest BCUT2D eigenvalue weighted by Crippen LogP contribution is -2.25. The van der Waals surface area contributed by atoms with Gasteiger partial charge in [0, 0.05) is 22.0 Å². The van der Waals surface area contributed by atoms with Crippen molar-refractivity contribution in [3.05, 3.63) is 21.7 Å². The van der Waals surface area contributed by atoms with Crippen molar-refractivity contribution in [3.8, 4) is 11.5 Å². The third-order valence-corrected chi connectivity index (χ3v) is 4.32. The van der Waals surface area contributed by atoms with E-state index in [0.717, 1.165) is 29.2 Å². The predicted octanol–water partition coefficient (Wildman–Crippen LogP) is 2.02. The summed E-state index contributed by atoms with van der Waals surface area (Å²) >= 11 is 3.53. The summed E-state index contributed by atoms with van der Waals surface area (Å²) in [4.78, 5) is 11.1. The maximum absolute atomic E-state index is 11.1. The molecule has 5 heteroatoms. The SMILES string of the molecule is NCC1(c2c(Br)cc(C=O)c3c2OCCO3)CC1. The van der Waals surface area contributed by atoms with Crippen LogP contribution in [0.25, 0.3) is 0 Å². The lowest BCUT2D eigenvalue weighted by atomic mass is 9.93. The molecule has 18 heavy (non-hydrogen) atoms. The van der Waals surface area contributed by atoms with Crippen molar-refractivity contribution in [2.45, 2.75) is 18.3 Å². The van der Waals surface area contributed by atoms with Gasteiger partial charge in [0.15, 0.2) is 17.8 Å². The average Bonchev–Trinajstić information content (AvgIpc) is 3.18.